The maximum atomic E-state index is 13.1. The molecule has 1 fully saturated rings. The average molecular weight is 411 g/mol. The molecule has 1 aromatic carbocycles. The van der Waals surface area contributed by atoms with Gasteiger partial charge in [0.2, 0.25) is 0 Å². The Balaban J connectivity index is 1.61. The molecule has 0 N–H and O–H groups in total. The van der Waals surface area contributed by atoms with Gasteiger partial charge < -0.3 is 4.74 Å². The van der Waals surface area contributed by atoms with Gasteiger partial charge in [-0.2, -0.15) is 0 Å². The molecule has 0 aliphatic heterocycles. The molecule has 0 amide bonds. The normalized spacial score (nSPS) is 19.4. The smallest absolute Gasteiger partial charge is 0.326 e. The third-order valence-corrected chi connectivity index (χ3v) is 6.75. The molecule has 0 saturated heterocycles. The van der Waals surface area contributed by atoms with E-state index in [4.69, 9.17) is 4.74 Å². The summed E-state index contributed by atoms with van der Waals surface area (Å²) in [4.78, 5) is 30.7. The number of hydrogen-bond acceptors (Lipinski definition) is 5. The number of carbonyl (C=O) groups excluding carboxylic acids is 1. The molecule has 0 spiro atoms. The van der Waals surface area contributed by atoms with Gasteiger partial charge in [0.25, 0.3) is 5.56 Å². The molecule has 1 saturated carbocycles. The average Bonchev–Trinajstić information content (AvgIpc) is 3.11. The first-order valence-corrected chi connectivity index (χ1v) is 11.0. The van der Waals surface area contributed by atoms with Crippen LogP contribution in [0.3, 0.4) is 0 Å². The van der Waals surface area contributed by atoms with Crippen LogP contribution in [0.5, 0.6) is 0 Å². The molecule has 6 heteroatoms. The largest absolute Gasteiger partial charge is 0.461 e. The van der Waals surface area contributed by atoms with E-state index in [0.29, 0.717) is 16.1 Å². The van der Waals surface area contributed by atoms with Crippen molar-refractivity contribution in [3.8, 4) is 11.1 Å². The fourth-order valence-electron chi connectivity index (χ4n) is 4.05. The summed E-state index contributed by atoms with van der Waals surface area (Å²) in [7, 11) is 0. The first-order valence-electron chi connectivity index (χ1n) is 10.2. The van der Waals surface area contributed by atoms with Gasteiger partial charge in [-0.25, -0.2) is 4.98 Å². The van der Waals surface area contributed by atoms with E-state index in [1.807, 2.05) is 11.4 Å². The topological polar surface area (TPSA) is 61.2 Å². The predicted molar refractivity (Wildman–Crippen MR) is 116 cm³/mol. The molecule has 3 aromatic rings. The molecule has 4 rings (SSSR count). The van der Waals surface area contributed by atoms with Crippen molar-refractivity contribution in [1.29, 1.82) is 0 Å². The molecule has 2 heterocycles. The van der Waals surface area contributed by atoms with Crippen LogP contribution in [0.25, 0.3) is 21.3 Å². The number of aromatic nitrogens is 2. The Bertz CT molecular complexity index is 1110. The van der Waals surface area contributed by atoms with Crippen LogP contribution in [0.4, 0.5) is 0 Å². The summed E-state index contributed by atoms with van der Waals surface area (Å²) in [6.07, 6.45) is 5.50. The molecule has 2 aromatic heterocycles. The first kappa shape index (κ1) is 19.8. The molecule has 2 atom stereocenters. The predicted octanol–water partition coefficient (Wildman–Crippen LogP) is 4.86. The molecular formula is C23H26N2O3S. The Morgan fingerprint density at radius 1 is 1.28 bits per heavy atom. The van der Waals surface area contributed by atoms with Gasteiger partial charge in [0, 0.05) is 10.9 Å². The van der Waals surface area contributed by atoms with Gasteiger partial charge in [-0.15, -0.1) is 11.3 Å². The van der Waals surface area contributed by atoms with E-state index in [1.54, 1.807) is 0 Å². The van der Waals surface area contributed by atoms with Gasteiger partial charge in [-0.05, 0) is 55.7 Å². The number of benzene rings is 1. The summed E-state index contributed by atoms with van der Waals surface area (Å²) in [5.74, 6) is 0.212. The summed E-state index contributed by atoms with van der Waals surface area (Å²) in [6.45, 7) is 6.21. The number of rotatable bonds is 4. The zero-order valence-corrected chi connectivity index (χ0v) is 17.9. The highest BCUT2D eigenvalue weighted by Gasteiger charge is 2.23. The number of carbonyl (C=O) groups is 1. The Labute approximate surface area is 174 Å². The third-order valence-electron chi connectivity index (χ3n) is 5.86. The maximum Gasteiger partial charge on any atom is 0.326 e. The van der Waals surface area contributed by atoms with Crippen molar-refractivity contribution in [2.45, 2.75) is 59.1 Å². The number of nitrogens with zero attached hydrogens (tertiary/aromatic N) is 2. The fraction of sp³-hybridized carbons (Fsp3) is 0.435. The van der Waals surface area contributed by atoms with Crippen molar-refractivity contribution in [3.63, 3.8) is 0 Å². The minimum Gasteiger partial charge on any atom is -0.461 e. The number of hydrogen-bond donors (Lipinski definition) is 0. The summed E-state index contributed by atoms with van der Waals surface area (Å²) >= 11 is 1.45. The lowest BCUT2D eigenvalue weighted by Crippen LogP contribution is -2.30. The van der Waals surface area contributed by atoms with Crippen molar-refractivity contribution in [2.24, 2.45) is 5.92 Å². The van der Waals surface area contributed by atoms with Crippen LogP contribution in [0.15, 0.2) is 34.7 Å². The van der Waals surface area contributed by atoms with Crippen LogP contribution >= 0.6 is 11.3 Å². The Hall–Kier alpha value is -2.47. The molecule has 0 radical (unpaired) electrons. The molecule has 0 unspecified atom stereocenters. The monoisotopic (exact) mass is 410 g/mol. The van der Waals surface area contributed by atoms with Gasteiger partial charge in [-0.3, -0.25) is 14.2 Å². The number of aryl methyl sites for hydroxylation is 2. The van der Waals surface area contributed by atoms with Crippen molar-refractivity contribution < 1.29 is 9.53 Å². The number of thiophene rings is 1. The van der Waals surface area contributed by atoms with E-state index in [1.165, 1.54) is 39.8 Å². The minimum absolute atomic E-state index is 0.0362. The molecule has 0 bridgehead atoms. The second kappa shape index (κ2) is 8.11. The van der Waals surface area contributed by atoms with Crippen molar-refractivity contribution in [3.05, 3.63) is 51.4 Å². The van der Waals surface area contributed by atoms with Gasteiger partial charge >= 0.3 is 5.97 Å². The second-order valence-corrected chi connectivity index (χ2v) is 9.05. The lowest BCUT2D eigenvalue weighted by molar-refractivity contribution is -0.152. The quantitative estimate of drug-likeness (QED) is 0.576. The van der Waals surface area contributed by atoms with Crippen LogP contribution in [-0.2, 0) is 16.1 Å². The van der Waals surface area contributed by atoms with Gasteiger partial charge in [0.05, 0.1) is 11.7 Å². The van der Waals surface area contributed by atoms with E-state index >= 15 is 0 Å². The standard InChI is InChI=1S/C23H26N2O3S/c1-14-5-4-6-18(9-14)28-20(26)11-25-13-24-22-21(23(25)27)19(12-29-22)17-8-7-15(2)16(3)10-17/h7-8,10,12-14,18H,4-6,9,11H2,1-3H3/t14-,18+/m1/s1. The van der Waals surface area contributed by atoms with Crippen LogP contribution in [0, 0.1) is 19.8 Å². The van der Waals surface area contributed by atoms with E-state index < -0.39 is 0 Å². The van der Waals surface area contributed by atoms with E-state index in [0.717, 1.165) is 30.4 Å². The molecule has 1 aliphatic rings. The lowest BCUT2D eigenvalue weighted by atomic mass is 9.89. The highest BCUT2D eigenvalue weighted by molar-refractivity contribution is 7.17. The Morgan fingerprint density at radius 2 is 2.10 bits per heavy atom. The zero-order valence-electron chi connectivity index (χ0n) is 17.1. The molecule has 29 heavy (non-hydrogen) atoms. The Morgan fingerprint density at radius 3 is 2.86 bits per heavy atom. The summed E-state index contributed by atoms with van der Waals surface area (Å²) < 4.78 is 7.00. The molecule has 5 nitrogen and oxygen atoms in total. The number of ether oxygens (including phenoxy) is 1. The number of fused-ring (bicyclic) bond motifs is 1. The number of esters is 1. The van der Waals surface area contributed by atoms with E-state index in [2.05, 4.69) is 37.9 Å². The maximum absolute atomic E-state index is 13.1. The highest BCUT2D eigenvalue weighted by atomic mass is 32.1. The molecule has 152 valence electrons. The SMILES string of the molecule is Cc1ccc(-c2csc3ncn(CC(=O)O[C@H]4CCC[C@@H](C)C4)c(=O)c23)cc1C. The van der Waals surface area contributed by atoms with Crippen LogP contribution in [0.2, 0.25) is 0 Å². The van der Waals surface area contributed by atoms with Crippen LogP contribution in [-0.4, -0.2) is 21.6 Å². The molecule has 1 aliphatic carbocycles. The fourth-order valence-corrected chi connectivity index (χ4v) is 4.96. The van der Waals surface area contributed by atoms with E-state index in [9.17, 15) is 9.59 Å². The second-order valence-electron chi connectivity index (χ2n) is 8.19. The lowest BCUT2D eigenvalue weighted by Gasteiger charge is -2.26. The minimum atomic E-state index is -0.365. The summed E-state index contributed by atoms with van der Waals surface area (Å²) in [5, 5.41) is 2.54. The molecular weight excluding hydrogens is 384 g/mol. The van der Waals surface area contributed by atoms with Crippen molar-refractivity contribution in [1.82, 2.24) is 9.55 Å². The first-order chi connectivity index (χ1) is 13.9. The van der Waals surface area contributed by atoms with Crippen LogP contribution in [0.1, 0.15) is 43.7 Å². The highest BCUT2D eigenvalue weighted by Crippen LogP contribution is 2.31. The summed E-state index contributed by atoms with van der Waals surface area (Å²) in [5.41, 5.74) is 4.06. The van der Waals surface area contributed by atoms with Crippen molar-refractivity contribution >= 4 is 27.5 Å². The van der Waals surface area contributed by atoms with Crippen LogP contribution < -0.4 is 5.56 Å². The van der Waals surface area contributed by atoms with E-state index in [-0.39, 0.29) is 24.2 Å². The van der Waals surface area contributed by atoms with Gasteiger partial charge in [0.1, 0.15) is 17.5 Å². The zero-order chi connectivity index (χ0) is 20.5. The van der Waals surface area contributed by atoms with Gasteiger partial charge in [0.15, 0.2) is 0 Å². The Kier molecular flexibility index (Phi) is 5.54. The third kappa shape index (κ3) is 4.13. The van der Waals surface area contributed by atoms with Crippen molar-refractivity contribution in [2.75, 3.05) is 0 Å². The summed E-state index contributed by atoms with van der Waals surface area (Å²) in [6, 6.07) is 6.18. The van der Waals surface area contributed by atoms with Gasteiger partial charge in [-0.1, -0.05) is 31.5 Å².